The Morgan fingerprint density at radius 3 is 2.76 bits per heavy atom. The zero-order chi connectivity index (χ0) is 15.7. The first-order valence-electron chi connectivity index (χ1n) is 6.95. The largest absolute Gasteiger partial charge is 0.396 e. The summed E-state index contributed by atoms with van der Waals surface area (Å²) in [6.45, 7) is 4.57. The van der Waals surface area contributed by atoms with Gasteiger partial charge in [-0.1, -0.05) is 6.92 Å². The van der Waals surface area contributed by atoms with E-state index in [-0.39, 0.29) is 5.78 Å². The van der Waals surface area contributed by atoms with Crippen LogP contribution in [0.1, 0.15) is 29.4 Å². The molecule has 1 heterocycles. The Hall–Kier alpha value is -0.760. The van der Waals surface area contributed by atoms with Crippen molar-refractivity contribution in [3.63, 3.8) is 0 Å². The van der Waals surface area contributed by atoms with Crippen molar-refractivity contribution < 1.29 is 14.3 Å². The van der Waals surface area contributed by atoms with Gasteiger partial charge in [0, 0.05) is 26.7 Å². The van der Waals surface area contributed by atoms with Crippen LogP contribution < -0.4 is 11.1 Å². The first-order chi connectivity index (χ1) is 10.2. The molecule has 0 aliphatic heterocycles. The molecule has 3 N–H and O–H groups in total. The molecule has 0 spiro atoms. The summed E-state index contributed by atoms with van der Waals surface area (Å²) in [5.41, 5.74) is 6.68. The third-order valence-corrected chi connectivity index (χ3v) is 5.03. The Balaban J connectivity index is 2.49. The summed E-state index contributed by atoms with van der Waals surface area (Å²) in [5.74, 6) is 0.101. The average Bonchev–Trinajstić information content (AvgIpc) is 2.81. The van der Waals surface area contributed by atoms with E-state index in [1.165, 1.54) is 11.3 Å². The molecule has 0 aliphatic rings. The van der Waals surface area contributed by atoms with Crippen molar-refractivity contribution in [2.45, 2.75) is 24.7 Å². The highest BCUT2D eigenvalue weighted by atomic mass is 32.2. The van der Waals surface area contributed by atoms with Crippen molar-refractivity contribution in [1.82, 2.24) is 0 Å². The van der Waals surface area contributed by atoms with Crippen LogP contribution in [0.2, 0.25) is 0 Å². The first kappa shape index (κ1) is 18.3. The second kappa shape index (κ2) is 10.0. The van der Waals surface area contributed by atoms with Crippen LogP contribution in [0.4, 0.5) is 10.7 Å². The molecule has 21 heavy (non-hydrogen) atoms. The maximum absolute atomic E-state index is 11.9. The molecule has 0 bridgehead atoms. The summed E-state index contributed by atoms with van der Waals surface area (Å²) in [6.07, 6.45) is 3.34. The lowest BCUT2D eigenvalue weighted by molar-refractivity contribution is 0.0705. The molecule has 120 valence electrons. The Morgan fingerprint density at radius 1 is 1.38 bits per heavy atom. The number of Topliss-reactive ketones (excluding diaryl/α,β-unsaturated/α-hetero) is 1. The average molecular weight is 332 g/mol. The zero-order valence-corrected chi connectivity index (χ0v) is 14.5. The highest BCUT2D eigenvalue weighted by Gasteiger charge is 2.19. The quantitative estimate of drug-likeness (QED) is 0.368. The monoisotopic (exact) mass is 332 g/mol. The predicted octanol–water partition coefficient (Wildman–Crippen LogP) is 3.11. The van der Waals surface area contributed by atoms with E-state index in [1.54, 1.807) is 18.9 Å². The fourth-order valence-corrected chi connectivity index (χ4v) is 3.81. The number of carbonyl (C=O) groups excluding carboxylic acids is 1. The van der Waals surface area contributed by atoms with E-state index in [2.05, 4.69) is 5.32 Å². The summed E-state index contributed by atoms with van der Waals surface area (Å²) >= 11 is 3.02. The van der Waals surface area contributed by atoms with E-state index in [0.717, 1.165) is 22.9 Å². The van der Waals surface area contributed by atoms with E-state index < -0.39 is 0 Å². The minimum atomic E-state index is 0.101. The zero-order valence-electron chi connectivity index (χ0n) is 12.9. The number of anilines is 2. The molecule has 0 aliphatic carbocycles. The molecule has 0 amide bonds. The Labute approximate surface area is 134 Å². The SMILES string of the molecule is CCC(=O)c1sc(NCCCOCCOC)c(SC)c1N. The van der Waals surface area contributed by atoms with Crippen molar-refractivity contribution >= 4 is 39.6 Å². The van der Waals surface area contributed by atoms with Crippen molar-refractivity contribution in [1.29, 1.82) is 0 Å². The van der Waals surface area contributed by atoms with Gasteiger partial charge in [-0.15, -0.1) is 23.1 Å². The van der Waals surface area contributed by atoms with E-state index >= 15 is 0 Å². The Kier molecular flexibility index (Phi) is 8.75. The normalized spacial score (nSPS) is 10.8. The van der Waals surface area contributed by atoms with Gasteiger partial charge in [0.15, 0.2) is 5.78 Å². The second-order valence-corrected chi connectivity index (χ2v) is 6.21. The van der Waals surface area contributed by atoms with Gasteiger partial charge in [-0.25, -0.2) is 0 Å². The maximum Gasteiger partial charge on any atom is 0.174 e. The number of hydrogen-bond donors (Lipinski definition) is 2. The number of nitrogens with two attached hydrogens (primary N) is 1. The number of methoxy groups -OCH3 is 1. The second-order valence-electron chi connectivity index (χ2n) is 4.37. The van der Waals surface area contributed by atoms with Gasteiger partial charge in [0.05, 0.1) is 28.7 Å². The molecule has 1 rings (SSSR count). The molecule has 0 fully saturated rings. The number of carbonyl (C=O) groups is 1. The Bertz CT molecular complexity index is 450. The number of thiophene rings is 1. The predicted molar refractivity (Wildman–Crippen MR) is 90.9 cm³/mol. The smallest absolute Gasteiger partial charge is 0.174 e. The van der Waals surface area contributed by atoms with Crippen LogP contribution in [-0.4, -0.2) is 45.5 Å². The lowest BCUT2D eigenvalue weighted by Gasteiger charge is -2.07. The number of ketones is 1. The van der Waals surface area contributed by atoms with Gasteiger partial charge in [-0.05, 0) is 12.7 Å². The van der Waals surface area contributed by atoms with Gasteiger partial charge in [0.2, 0.25) is 0 Å². The summed E-state index contributed by atoms with van der Waals surface area (Å²) in [7, 11) is 1.66. The van der Waals surface area contributed by atoms with Crippen molar-refractivity contribution in [3.8, 4) is 0 Å². The summed E-state index contributed by atoms with van der Waals surface area (Å²) in [5, 5.41) is 4.33. The lowest BCUT2D eigenvalue weighted by Crippen LogP contribution is -2.08. The van der Waals surface area contributed by atoms with Crippen LogP contribution in [0.3, 0.4) is 0 Å². The van der Waals surface area contributed by atoms with E-state index in [9.17, 15) is 4.79 Å². The molecule has 0 aromatic carbocycles. The molecule has 0 saturated carbocycles. The lowest BCUT2D eigenvalue weighted by atomic mass is 10.2. The van der Waals surface area contributed by atoms with E-state index in [4.69, 9.17) is 15.2 Å². The van der Waals surface area contributed by atoms with Gasteiger partial charge in [0.25, 0.3) is 0 Å². The molecule has 1 aromatic heterocycles. The molecule has 7 heteroatoms. The molecular weight excluding hydrogens is 308 g/mol. The molecule has 1 aromatic rings. The number of nitrogens with one attached hydrogen (secondary N) is 1. The van der Waals surface area contributed by atoms with Crippen LogP contribution in [0.25, 0.3) is 0 Å². The van der Waals surface area contributed by atoms with Crippen LogP contribution >= 0.6 is 23.1 Å². The topological polar surface area (TPSA) is 73.6 Å². The molecule has 0 saturated heterocycles. The van der Waals surface area contributed by atoms with Gasteiger partial charge < -0.3 is 20.5 Å². The van der Waals surface area contributed by atoms with Crippen LogP contribution in [-0.2, 0) is 9.47 Å². The van der Waals surface area contributed by atoms with Crippen LogP contribution in [0.15, 0.2) is 4.90 Å². The first-order valence-corrected chi connectivity index (χ1v) is 8.99. The number of thioether (sulfide) groups is 1. The van der Waals surface area contributed by atoms with Gasteiger partial charge in [-0.2, -0.15) is 0 Å². The highest BCUT2D eigenvalue weighted by molar-refractivity contribution is 7.99. The Morgan fingerprint density at radius 2 is 2.14 bits per heavy atom. The van der Waals surface area contributed by atoms with Gasteiger partial charge in [0.1, 0.15) is 5.00 Å². The third-order valence-electron chi connectivity index (χ3n) is 2.86. The standard InChI is InChI=1S/C14H24N2O3S2/c1-4-10(17)12-11(15)13(20-3)14(21-12)16-6-5-7-19-9-8-18-2/h16H,4-9,15H2,1-3H3. The van der Waals surface area contributed by atoms with E-state index in [1.807, 2.05) is 13.2 Å². The number of hydrogen-bond acceptors (Lipinski definition) is 7. The van der Waals surface area contributed by atoms with Crippen molar-refractivity contribution in [3.05, 3.63) is 4.88 Å². The highest BCUT2D eigenvalue weighted by Crippen LogP contribution is 2.42. The molecule has 0 atom stereocenters. The number of rotatable bonds is 11. The number of ether oxygens (including phenoxy) is 2. The van der Waals surface area contributed by atoms with Crippen LogP contribution in [0.5, 0.6) is 0 Å². The fourth-order valence-electron chi connectivity index (χ4n) is 1.74. The minimum absolute atomic E-state index is 0.101. The van der Waals surface area contributed by atoms with Crippen molar-refractivity contribution in [2.75, 3.05) is 50.8 Å². The van der Waals surface area contributed by atoms with E-state index in [0.29, 0.717) is 36.8 Å². The summed E-state index contributed by atoms with van der Waals surface area (Å²) < 4.78 is 10.3. The third kappa shape index (κ3) is 5.50. The molecule has 0 unspecified atom stereocenters. The maximum atomic E-state index is 11.9. The van der Waals surface area contributed by atoms with Crippen molar-refractivity contribution in [2.24, 2.45) is 0 Å². The summed E-state index contributed by atoms with van der Waals surface area (Å²) in [6, 6.07) is 0. The fraction of sp³-hybridized carbons (Fsp3) is 0.643. The van der Waals surface area contributed by atoms with Gasteiger partial charge in [-0.3, -0.25) is 4.79 Å². The molecule has 0 radical (unpaired) electrons. The molecule has 5 nitrogen and oxygen atoms in total. The van der Waals surface area contributed by atoms with Crippen LogP contribution in [0, 0.1) is 0 Å². The summed E-state index contributed by atoms with van der Waals surface area (Å²) in [4.78, 5) is 13.5. The molecular formula is C14H24N2O3S2. The van der Waals surface area contributed by atoms with Gasteiger partial charge >= 0.3 is 0 Å². The minimum Gasteiger partial charge on any atom is -0.396 e. The number of nitrogen functional groups attached to an aromatic ring is 1.